The number of benzene rings is 3. The highest BCUT2D eigenvalue weighted by molar-refractivity contribution is 6.01. The highest BCUT2D eigenvalue weighted by atomic mass is 15.0. The Kier molecular flexibility index (Phi) is 6.38. The SMILES string of the molecule is Cc1cc(C)c(-c2cccc3c(NCCNC4CCc5ccccc5C4)cc(C)nc23)c(C)c1. The van der Waals surface area contributed by atoms with Crippen LogP contribution in [-0.4, -0.2) is 24.1 Å². The van der Waals surface area contributed by atoms with E-state index >= 15 is 0 Å². The Morgan fingerprint density at radius 2 is 1.62 bits per heavy atom. The highest BCUT2D eigenvalue weighted by Gasteiger charge is 2.17. The maximum atomic E-state index is 4.98. The van der Waals surface area contributed by atoms with Crippen molar-refractivity contribution in [2.45, 2.75) is 53.0 Å². The van der Waals surface area contributed by atoms with Crippen LogP contribution in [0, 0.1) is 27.7 Å². The molecule has 1 aliphatic rings. The summed E-state index contributed by atoms with van der Waals surface area (Å²) in [6.07, 6.45) is 3.52. The molecular weight excluding hydrogens is 414 g/mol. The first-order chi connectivity index (χ1) is 16.5. The van der Waals surface area contributed by atoms with Gasteiger partial charge in [-0.2, -0.15) is 0 Å². The number of pyridine rings is 1. The van der Waals surface area contributed by atoms with Gasteiger partial charge in [0, 0.05) is 41.5 Å². The second-order valence-electron chi connectivity index (χ2n) is 9.88. The van der Waals surface area contributed by atoms with E-state index in [1.165, 1.54) is 62.9 Å². The van der Waals surface area contributed by atoms with E-state index in [0.717, 1.165) is 30.7 Å². The molecule has 3 aromatic carbocycles. The first-order valence-corrected chi connectivity index (χ1v) is 12.5. The Labute approximate surface area is 203 Å². The molecule has 2 N–H and O–H groups in total. The molecule has 0 spiro atoms. The van der Waals surface area contributed by atoms with Crippen molar-refractivity contribution in [3.8, 4) is 11.1 Å². The lowest BCUT2D eigenvalue weighted by molar-refractivity contribution is 0.467. The van der Waals surface area contributed by atoms with Crippen LogP contribution >= 0.6 is 0 Å². The molecule has 4 aromatic rings. The van der Waals surface area contributed by atoms with Crippen molar-refractivity contribution < 1.29 is 0 Å². The van der Waals surface area contributed by atoms with Gasteiger partial charge in [-0.15, -0.1) is 0 Å². The van der Waals surface area contributed by atoms with E-state index in [0.29, 0.717) is 6.04 Å². The molecule has 0 radical (unpaired) electrons. The molecule has 1 unspecified atom stereocenters. The van der Waals surface area contributed by atoms with Gasteiger partial charge in [0.25, 0.3) is 0 Å². The Bertz CT molecular complexity index is 1320. The van der Waals surface area contributed by atoms with Crippen LogP contribution < -0.4 is 10.6 Å². The molecule has 0 saturated carbocycles. The van der Waals surface area contributed by atoms with E-state index in [1.807, 2.05) is 0 Å². The molecule has 3 heteroatoms. The zero-order chi connectivity index (χ0) is 23.7. The Morgan fingerprint density at radius 3 is 2.41 bits per heavy atom. The number of aryl methyl sites for hydroxylation is 5. The monoisotopic (exact) mass is 449 g/mol. The molecule has 0 saturated heterocycles. The zero-order valence-electron chi connectivity index (χ0n) is 20.8. The zero-order valence-corrected chi connectivity index (χ0v) is 20.8. The van der Waals surface area contributed by atoms with Crippen LogP contribution in [0.5, 0.6) is 0 Å². The lowest BCUT2D eigenvalue weighted by Crippen LogP contribution is -2.37. The van der Waals surface area contributed by atoms with Crippen LogP contribution in [0.2, 0.25) is 0 Å². The first kappa shape index (κ1) is 22.6. The lowest BCUT2D eigenvalue weighted by Gasteiger charge is -2.25. The normalized spacial score (nSPS) is 15.4. The van der Waals surface area contributed by atoms with Crippen LogP contribution in [0.4, 0.5) is 5.69 Å². The number of rotatable bonds is 6. The van der Waals surface area contributed by atoms with Crippen molar-refractivity contribution in [3.05, 3.63) is 94.2 Å². The molecule has 1 aliphatic carbocycles. The average molecular weight is 450 g/mol. The minimum Gasteiger partial charge on any atom is -0.383 e. The van der Waals surface area contributed by atoms with E-state index in [-0.39, 0.29) is 0 Å². The molecule has 1 heterocycles. The van der Waals surface area contributed by atoms with Gasteiger partial charge in [-0.05, 0) is 80.8 Å². The summed E-state index contributed by atoms with van der Waals surface area (Å²) in [6.45, 7) is 10.5. The van der Waals surface area contributed by atoms with Gasteiger partial charge < -0.3 is 10.6 Å². The smallest absolute Gasteiger partial charge is 0.0804 e. The maximum absolute atomic E-state index is 4.98. The summed E-state index contributed by atoms with van der Waals surface area (Å²) in [5.41, 5.74) is 12.8. The van der Waals surface area contributed by atoms with Crippen molar-refractivity contribution in [3.63, 3.8) is 0 Å². The van der Waals surface area contributed by atoms with Gasteiger partial charge in [-0.1, -0.05) is 60.2 Å². The Morgan fingerprint density at radius 1 is 0.853 bits per heavy atom. The number of nitrogens with zero attached hydrogens (tertiary/aromatic N) is 1. The number of aromatic nitrogens is 1. The van der Waals surface area contributed by atoms with Gasteiger partial charge in [0.15, 0.2) is 0 Å². The van der Waals surface area contributed by atoms with Gasteiger partial charge in [0.2, 0.25) is 0 Å². The Hall–Kier alpha value is -3.17. The predicted octanol–water partition coefficient (Wildman–Crippen LogP) is 6.69. The number of hydrogen-bond donors (Lipinski definition) is 2. The molecule has 0 fully saturated rings. The van der Waals surface area contributed by atoms with Gasteiger partial charge in [0.1, 0.15) is 0 Å². The van der Waals surface area contributed by atoms with E-state index in [2.05, 4.69) is 99.0 Å². The van der Waals surface area contributed by atoms with Crippen LogP contribution in [0.25, 0.3) is 22.0 Å². The molecule has 0 bridgehead atoms. The average Bonchev–Trinajstić information content (AvgIpc) is 2.81. The van der Waals surface area contributed by atoms with E-state index < -0.39 is 0 Å². The fourth-order valence-electron chi connectivity index (χ4n) is 5.67. The van der Waals surface area contributed by atoms with Crippen molar-refractivity contribution in [1.82, 2.24) is 10.3 Å². The Balaban J connectivity index is 1.33. The summed E-state index contributed by atoms with van der Waals surface area (Å²) < 4.78 is 0. The number of para-hydroxylation sites is 1. The van der Waals surface area contributed by atoms with Gasteiger partial charge in [-0.3, -0.25) is 4.98 Å². The standard InChI is InChI=1S/C31H35N3/c1-20-16-21(2)30(22(3)17-20)28-11-7-10-27-29(18-23(4)34-31(27)28)33-15-14-32-26-13-12-24-8-5-6-9-25(24)19-26/h5-11,16-18,26,32H,12-15,19H2,1-4H3,(H,33,34). The number of hydrogen-bond acceptors (Lipinski definition) is 3. The molecule has 5 rings (SSSR count). The molecule has 0 amide bonds. The predicted molar refractivity (Wildman–Crippen MR) is 145 cm³/mol. The number of nitrogens with one attached hydrogen (secondary N) is 2. The quantitative estimate of drug-likeness (QED) is 0.322. The summed E-state index contributed by atoms with van der Waals surface area (Å²) >= 11 is 0. The van der Waals surface area contributed by atoms with Crippen LogP contribution in [0.15, 0.2) is 60.7 Å². The summed E-state index contributed by atoms with van der Waals surface area (Å²) in [5, 5.41) is 8.67. The lowest BCUT2D eigenvalue weighted by atomic mass is 9.88. The third-order valence-electron chi connectivity index (χ3n) is 7.13. The van der Waals surface area contributed by atoms with E-state index in [9.17, 15) is 0 Å². The summed E-state index contributed by atoms with van der Waals surface area (Å²) in [4.78, 5) is 4.98. The summed E-state index contributed by atoms with van der Waals surface area (Å²) in [5.74, 6) is 0. The van der Waals surface area contributed by atoms with E-state index in [1.54, 1.807) is 0 Å². The van der Waals surface area contributed by atoms with E-state index in [4.69, 9.17) is 4.98 Å². The molecule has 34 heavy (non-hydrogen) atoms. The molecule has 0 aliphatic heterocycles. The van der Waals surface area contributed by atoms with Gasteiger partial charge in [-0.25, -0.2) is 0 Å². The van der Waals surface area contributed by atoms with Crippen LogP contribution in [-0.2, 0) is 12.8 Å². The fraction of sp³-hybridized carbons (Fsp3) is 0.323. The van der Waals surface area contributed by atoms with Crippen molar-refractivity contribution in [2.75, 3.05) is 18.4 Å². The summed E-state index contributed by atoms with van der Waals surface area (Å²) in [7, 11) is 0. The second kappa shape index (κ2) is 9.60. The second-order valence-corrected chi connectivity index (χ2v) is 9.88. The third-order valence-corrected chi connectivity index (χ3v) is 7.13. The minimum atomic E-state index is 0.562. The van der Waals surface area contributed by atoms with Crippen LogP contribution in [0.1, 0.15) is 39.9 Å². The van der Waals surface area contributed by atoms with Gasteiger partial charge >= 0.3 is 0 Å². The highest BCUT2D eigenvalue weighted by Crippen LogP contribution is 2.35. The molecule has 174 valence electrons. The van der Waals surface area contributed by atoms with Crippen LogP contribution in [0.3, 0.4) is 0 Å². The molecule has 1 aromatic heterocycles. The molecular formula is C31H35N3. The molecule has 1 atom stereocenters. The molecule has 3 nitrogen and oxygen atoms in total. The third kappa shape index (κ3) is 4.58. The topological polar surface area (TPSA) is 37.0 Å². The fourth-order valence-corrected chi connectivity index (χ4v) is 5.67. The first-order valence-electron chi connectivity index (χ1n) is 12.5. The summed E-state index contributed by atoms with van der Waals surface area (Å²) in [6, 6.07) is 22.7. The minimum absolute atomic E-state index is 0.562. The number of fused-ring (bicyclic) bond motifs is 2. The van der Waals surface area contributed by atoms with Gasteiger partial charge in [0.05, 0.1) is 5.52 Å². The van der Waals surface area contributed by atoms with Crippen molar-refractivity contribution in [1.29, 1.82) is 0 Å². The largest absolute Gasteiger partial charge is 0.383 e. The van der Waals surface area contributed by atoms with Crippen molar-refractivity contribution in [2.24, 2.45) is 0 Å². The maximum Gasteiger partial charge on any atom is 0.0804 e. The van der Waals surface area contributed by atoms with Crippen molar-refractivity contribution >= 4 is 16.6 Å². The number of anilines is 1.